The van der Waals surface area contributed by atoms with Crippen LogP contribution in [0.4, 0.5) is 0 Å². The standard InChI is InChI=1S/C11H16N4O/c1-3-9-6-14-11(16-9)8-12-7-10-13-4-5-15(10)2/h4-6,12H,3,7-8H2,1-2H3. The highest BCUT2D eigenvalue weighted by Gasteiger charge is 2.03. The van der Waals surface area contributed by atoms with Crippen LogP contribution in [0.25, 0.3) is 0 Å². The molecule has 0 bridgehead atoms. The van der Waals surface area contributed by atoms with Crippen LogP contribution in [0, 0.1) is 0 Å². The molecule has 2 rings (SSSR count). The Morgan fingerprint density at radius 3 is 2.88 bits per heavy atom. The van der Waals surface area contributed by atoms with Crippen molar-refractivity contribution in [2.24, 2.45) is 7.05 Å². The van der Waals surface area contributed by atoms with Crippen LogP contribution in [0.1, 0.15) is 24.4 Å². The average Bonchev–Trinajstić information content (AvgIpc) is 2.89. The van der Waals surface area contributed by atoms with Crippen LogP contribution < -0.4 is 5.32 Å². The van der Waals surface area contributed by atoms with Gasteiger partial charge >= 0.3 is 0 Å². The second-order valence-corrected chi connectivity index (χ2v) is 3.63. The largest absolute Gasteiger partial charge is 0.444 e. The summed E-state index contributed by atoms with van der Waals surface area (Å²) in [7, 11) is 1.98. The van der Waals surface area contributed by atoms with E-state index in [1.54, 1.807) is 12.4 Å². The van der Waals surface area contributed by atoms with Crippen molar-refractivity contribution in [1.82, 2.24) is 19.9 Å². The number of nitrogens with zero attached hydrogens (tertiary/aromatic N) is 3. The predicted molar refractivity (Wildman–Crippen MR) is 59.6 cm³/mol. The van der Waals surface area contributed by atoms with E-state index in [-0.39, 0.29) is 0 Å². The average molecular weight is 220 g/mol. The lowest BCUT2D eigenvalue weighted by Crippen LogP contribution is -2.15. The molecule has 0 atom stereocenters. The van der Waals surface area contributed by atoms with Crippen molar-refractivity contribution in [3.8, 4) is 0 Å². The van der Waals surface area contributed by atoms with Crippen LogP contribution in [-0.2, 0) is 26.6 Å². The molecule has 5 heteroatoms. The van der Waals surface area contributed by atoms with E-state index in [0.29, 0.717) is 13.1 Å². The molecule has 2 aromatic heterocycles. The van der Waals surface area contributed by atoms with Crippen molar-refractivity contribution < 1.29 is 4.42 Å². The van der Waals surface area contributed by atoms with E-state index < -0.39 is 0 Å². The van der Waals surface area contributed by atoms with Crippen LogP contribution in [-0.4, -0.2) is 14.5 Å². The Bertz CT molecular complexity index is 446. The number of rotatable bonds is 5. The molecule has 86 valence electrons. The molecular formula is C11H16N4O. The molecule has 0 amide bonds. The van der Waals surface area contributed by atoms with Gasteiger partial charge in [-0.15, -0.1) is 0 Å². The fourth-order valence-corrected chi connectivity index (χ4v) is 1.44. The van der Waals surface area contributed by atoms with Gasteiger partial charge < -0.3 is 14.3 Å². The zero-order valence-corrected chi connectivity index (χ0v) is 9.60. The minimum atomic E-state index is 0.632. The molecule has 0 aliphatic rings. The fraction of sp³-hybridized carbons (Fsp3) is 0.455. The minimum Gasteiger partial charge on any atom is -0.444 e. The minimum absolute atomic E-state index is 0.632. The van der Waals surface area contributed by atoms with Crippen molar-refractivity contribution in [3.63, 3.8) is 0 Å². The van der Waals surface area contributed by atoms with E-state index in [2.05, 4.69) is 15.3 Å². The Morgan fingerprint density at radius 1 is 1.38 bits per heavy atom. The molecule has 0 aliphatic heterocycles. The van der Waals surface area contributed by atoms with Crippen molar-refractivity contribution >= 4 is 0 Å². The summed E-state index contributed by atoms with van der Waals surface area (Å²) in [5, 5.41) is 3.24. The lowest BCUT2D eigenvalue weighted by molar-refractivity contribution is 0.436. The van der Waals surface area contributed by atoms with Gasteiger partial charge in [-0.25, -0.2) is 9.97 Å². The molecule has 16 heavy (non-hydrogen) atoms. The Labute approximate surface area is 94.5 Å². The summed E-state index contributed by atoms with van der Waals surface area (Å²) >= 11 is 0. The highest BCUT2D eigenvalue weighted by Crippen LogP contribution is 2.03. The van der Waals surface area contributed by atoms with E-state index in [4.69, 9.17) is 4.42 Å². The first-order valence-corrected chi connectivity index (χ1v) is 5.40. The van der Waals surface area contributed by atoms with Gasteiger partial charge in [0.25, 0.3) is 0 Å². The van der Waals surface area contributed by atoms with Crippen LogP contribution in [0.3, 0.4) is 0 Å². The maximum Gasteiger partial charge on any atom is 0.208 e. The number of aryl methyl sites for hydroxylation is 2. The molecule has 0 aliphatic carbocycles. The number of hydrogen-bond acceptors (Lipinski definition) is 4. The van der Waals surface area contributed by atoms with E-state index in [9.17, 15) is 0 Å². The molecule has 0 aromatic carbocycles. The molecule has 1 N–H and O–H groups in total. The lowest BCUT2D eigenvalue weighted by atomic mass is 10.4. The lowest BCUT2D eigenvalue weighted by Gasteiger charge is -2.02. The van der Waals surface area contributed by atoms with Crippen molar-refractivity contribution in [2.75, 3.05) is 0 Å². The Morgan fingerprint density at radius 2 is 2.25 bits per heavy atom. The Kier molecular flexibility index (Phi) is 3.36. The summed E-state index contributed by atoms with van der Waals surface area (Å²) in [6.07, 6.45) is 6.37. The van der Waals surface area contributed by atoms with Gasteiger partial charge in [-0.1, -0.05) is 6.92 Å². The van der Waals surface area contributed by atoms with Gasteiger partial charge in [0.2, 0.25) is 5.89 Å². The second kappa shape index (κ2) is 4.94. The first-order valence-electron chi connectivity index (χ1n) is 5.40. The molecule has 2 aromatic rings. The number of imidazole rings is 1. The summed E-state index contributed by atoms with van der Waals surface area (Å²) in [5.41, 5.74) is 0. The van der Waals surface area contributed by atoms with E-state index >= 15 is 0 Å². The number of aromatic nitrogens is 3. The Hall–Kier alpha value is -1.62. The molecule has 5 nitrogen and oxygen atoms in total. The summed E-state index contributed by atoms with van der Waals surface area (Å²) in [5.74, 6) is 2.65. The normalized spacial score (nSPS) is 10.9. The molecule has 0 saturated heterocycles. The maximum atomic E-state index is 5.48. The molecule has 0 fully saturated rings. The topological polar surface area (TPSA) is 55.9 Å². The third-order valence-electron chi connectivity index (χ3n) is 2.43. The highest BCUT2D eigenvalue weighted by molar-refractivity contribution is 4.94. The third-order valence-corrected chi connectivity index (χ3v) is 2.43. The summed E-state index contributed by atoms with van der Waals surface area (Å²) in [6, 6.07) is 0. The fourth-order valence-electron chi connectivity index (χ4n) is 1.44. The van der Waals surface area contributed by atoms with E-state index in [1.807, 2.05) is 24.7 Å². The van der Waals surface area contributed by atoms with Crippen molar-refractivity contribution in [1.29, 1.82) is 0 Å². The molecule has 0 spiro atoms. The predicted octanol–water partition coefficient (Wildman–Crippen LogP) is 1.26. The summed E-state index contributed by atoms with van der Waals surface area (Å²) < 4.78 is 7.47. The van der Waals surface area contributed by atoms with Gasteiger partial charge in [0.05, 0.1) is 19.3 Å². The maximum absolute atomic E-state index is 5.48. The van der Waals surface area contributed by atoms with Gasteiger partial charge in [0, 0.05) is 25.9 Å². The van der Waals surface area contributed by atoms with Crippen LogP contribution in [0.15, 0.2) is 23.0 Å². The van der Waals surface area contributed by atoms with Gasteiger partial charge in [-0.05, 0) is 0 Å². The van der Waals surface area contributed by atoms with Gasteiger partial charge in [-0.2, -0.15) is 0 Å². The first-order chi connectivity index (χ1) is 7.79. The monoisotopic (exact) mass is 220 g/mol. The molecule has 0 unspecified atom stereocenters. The molecular weight excluding hydrogens is 204 g/mol. The molecule has 0 saturated carbocycles. The third kappa shape index (κ3) is 2.49. The summed E-state index contributed by atoms with van der Waals surface area (Å²) in [4.78, 5) is 8.39. The zero-order valence-electron chi connectivity index (χ0n) is 9.60. The highest BCUT2D eigenvalue weighted by atomic mass is 16.4. The number of hydrogen-bond donors (Lipinski definition) is 1. The number of oxazole rings is 1. The Balaban J connectivity index is 1.82. The van der Waals surface area contributed by atoms with E-state index in [1.165, 1.54) is 0 Å². The van der Waals surface area contributed by atoms with Crippen LogP contribution in [0.2, 0.25) is 0 Å². The summed E-state index contributed by atoms with van der Waals surface area (Å²) in [6.45, 7) is 3.39. The molecule has 2 heterocycles. The first kappa shape index (κ1) is 10.9. The van der Waals surface area contributed by atoms with Gasteiger partial charge in [0.15, 0.2) is 0 Å². The van der Waals surface area contributed by atoms with Gasteiger partial charge in [-0.3, -0.25) is 0 Å². The quantitative estimate of drug-likeness (QED) is 0.824. The molecule has 0 radical (unpaired) electrons. The smallest absolute Gasteiger partial charge is 0.208 e. The SMILES string of the molecule is CCc1cnc(CNCc2nccn2C)o1. The van der Waals surface area contributed by atoms with Crippen molar-refractivity contribution in [2.45, 2.75) is 26.4 Å². The zero-order chi connectivity index (χ0) is 11.4. The van der Waals surface area contributed by atoms with Crippen LogP contribution in [0.5, 0.6) is 0 Å². The second-order valence-electron chi connectivity index (χ2n) is 3.63. The van der Waals surface area contributed by atoms with Crippen molar-refractivity contribution in [3.05, 3.63) is 36.1 Å². The van der Waals surface area contributed by atoms with E-state index in [0.717, 1.165) is 23.9 Å². The van der Waals surface area contributed by atoms with Gasteiger partial charge in [0.1, 0.15) is 11.6 Å². The number of nitrogens with one attached hydrogen (secondary N) is 1. The van der Waals surface area contributed by atoms with Crippen LogP contribution >= 0.6 is 0 Å².